The van der Waals surface area contributed by atoms with Crippen LogP contribution in [-0.2, 0) is 4.74 Å². The molecule has 0 saturated heterocycles. The van der Waals surface area contributed by atoms with Crippen LogP contribution in [0.5, 0.6) is 0 Å². The van der Waals surface area contributed by atoms with E-state index >= 15 is 0 Å². The van der Waals surface area contributed by atoms with Crippen molar-refractivity contribution in [2.75, 3.05) is 0 Å². The third kappa shape index (κ3) is 3.53. The second-order valence-corrected chi connectivity index (χ2v) is 5.11. The molecule has 1 aliphatic rings. The second kappa shape index (κ2) is 6.15. The van der Waals surface area contributed by atoms with Crippen LogP contribution in [0.25, 0.3) is 0 Å². The molecule has 0 N–H and O–H groups in total. The Balaban J connectivity index is 1.98. The van der Waals surface area contributed by atoms with E-state index in [1.807, 2.05) is 0 Å². The van der Waals surface area contributed by atoms with Crippen LogP contribution in [-0.4, -0.2) is 17.1 Å². The molecule has 0 bridgehead atoms. The SMILES string of the molecule is O=C(OC1CCCCCC1)c1cccnc1Br. The summed E-state index contributed by atoms with van der Waals surface area (Å²) in [5.41, 5.74) is 0.511. The maximum Gasteiger partial charge on any atom is 0.341 e. The van der Waals surface area contributed by atoms with Gasteiger partial charge in [0, 0.05) is 6.20 Å². The van der Waals surface area contributed by atoms with E-state index in [0.717, 1.165) is 25.7 Å². The molecule has 0 amide bonds. The molecule has 0 aliphatic heterocycles. The Morgan fingerprint density at radius 1 is 1.29 bits per heavy atom. The summed E-state index contributed by atoms with van der Waals surface area (Å²) in [5.74, 6) is -0.267. The first-order chi connectivity index (χ1) is 8.27. The molecule has 0 atom stereocenters. The largest absolute Gasteiger partial charge is 0.459 e. The summed E-state index contributed by atoms with van der Waals surface area (Å²) in [6.07, 6.45) is 8.53. The molecule has 92 valence electrons. The first-order valence-electron chi connectivity index (χ1n) is 6.09. The van der Waals surface area contributed by atoms with E-state index in [1.165, 1.54) is 12.8 Å². The third-order valence-electron chi connectivity index (χ3n) is 3.05. The Hall–Kier alpha value is -0.900. The molecule has 1 fully saturated rings. The summed E-state index contributed by atoms with van der Waals surface area (Å²) in [5, 5.41) is 0. The molecule has 1 saturated carbocycles. The van der Waals surface area contributed by atoms with Gasteiger partial charge >= 0.3 is 5.97 Å². The van der Waals surface area contributed by atoms with Crippen LogP contribution in [0.3, 0.4) is 0 Å². The van der Waals surface area contributed by atoms with Gasteiger partial charge in [-0.15, -0.1) is 0 Å². The minimum absolute atomic E-state index is 0.0807. The summed E-state index contributed by atoms with van der Waals surface area (Å²) >= 11 is 3.27. The van der Waals surface area contributed by atoms with Gasteiger partial charge in [-0.05, 0) is 53.7 Å². The van der Waals surface area contributed by atoms with Gasteiger partial charge in [-0.25, -0.2) is 9.78 Å². The number of carbonyl (C=O) groups excluding carboxylic acids is 1. The number of rotatable bonds is 2. The highest BCUT2D eigenvalue weighted by Crippen LogP contribution is 2.22. The first kappa shape index (κ1) is 12.6. The fourth-order valence-electron chi connectivity index (χ4n) is 2.11. The first-order valence-corrected chi connectivity index (χ1v) is 6.88. The predicted molar refractivity (Wildman–Crippen MR) is 68.8 cm³/mol. The van der Waals surface area contributed by atoms with Crippen LogP contribution in [0, 0.1) is 0 Å². The quantitative estimate of drug-likeness (QED) is 0.474. The molecule has 0 radical (unpaired) electrons. The molecule has 1 heterocycles. The molecule has 17 heavy (non-hydrogen) atoms. The minimum atomic E-state index is -0.267. The summed E-state index contributed by atoms with van der Waals surface area (Å²) in [6, 6.07) is 3.48. The minimum Gasteiger partial charge on any atom is -0.459 e. The highest BCUT2D eigenvalue weighted by molar-refractivity contribution is 9.10. The van der Waals surface area contributed by atoms with E-state index in [-0.39, 0.29) is 12.1 Å². The van der Waals surface area contributed by atoms with Crippen molar-refractivity contribution < 1.29 is 9.53 Å². The maximum absolute atomic E-state index is 12.0. The highest BCUT2D eigenvalue weighted by atomic mass is 79.9. The number of hydrogen-bond acceptors (Lipinski definition) is 3. The lowest BCUT2D eigenvalue weighted by molar-refractivity contribution is 0.0265. The number of pyridine rings is 1. The van der Waals surface area contributed by atoms with Gasteiger partial charge in [0.2, 0.25) is 0 Å². The highest BCUT2D eigenvalue weighted by Gasteiger charge is 2.19. The molecular formula is C13H16BrNO2. The fraction of sp³-hybridized carbons (Fsp3) is 0.538. The molecule has 1 aromatic heterocycles. The molecule has 4 heteroatoms. The van der Waals surface area contributed by atoms with Gasteiger partial charge in [-0.3, -0.25) is 0 Å². The Labute approximate surface area is 110 Å². The molecule has 1 aromatic rings. The van der Waals surface area contributed by atoms with E-state index < -0.39 is 0 Å². The summed E-state index contributed by atoms with van der Waals surface area (Å²) in [4.78, 5) is 16.0. The van der Waals surface area contributed by atoms with Gasteiger partial charge in [0.05, 0.1) is 5.56 Å². The van der Waals surface area contributed by atoms with E-state index in [2.05, 4.69) is 20.9 Å². The zero-order valence-corrected chi connectivity index (χ0v) is 11.3. The zero-order chi connectivity index (χ0) is 12.1. The third-order valence-corrected chi connectivity index (χ3v) is 3.69. The van der Waals surface area contributed by atoms with Gasteiger partial charge in [0.15, 0.2) is 0 Å². The van der Waals surface area contributed by atoms with Gasteiger partial charge in [-0.1, -0.05) is 12.8 Å². The molecule has 1 aliphatic carbocycles. The number of aromatic nitrogens is 1. The Kier molecular flexibility index (Phi) is 4.54. The topological polar surface area (TPSA) is 39.2 Å². The van der Waals surface area contributed by atoms with Crippen molar-refractivity contribution in [3.05, 3.63) is 28.5 Å². The van der Waals surface area contributed by atoms with Crippen molar-refractivity contribution in [3.63, 3.8) is 0 Å². The van der Waals surface area contributed by atoms with Crippen LogP contribution >= 0.6 is 15.9 Å². The molecule has 0 unspecified atom stereocenters. The average Bonchev–Trinajstić information content (AvgIpc) is 2.58. The normalized spacial score (nSPS) is 17.5. The smallest absolute Gasteiger partial charge is 0.341 e. The van der Waals surface area contributed by atoms with E-state index in [9.17, 15) is 4.79 Å². The number of ether oxygens (including phenoxy) is 1. The van der Waals surface area contributed by atoms with Crippen LogP contribution in [0.2, 0.25) is 0 Å². The Morgan fingerprint density at radius 2 is 2.00 bits per heavy atom. The molecule has 0 spiro atoms. The van der Waals surface area contributed by atoms with Crippen molar-refractivity contribution in [2.24, 2.45) is 0 Å². The number of hydrogen-bond donors (Lipinski definition) is 0. The molecular weight excluding hydrogens is 282 g/mol. The van der Waals surface area contributed by atoms with Gasteiger partial charge in [0.25, 0.3) is 0 Å². The summed E-state index contributed by atoms with van der Waals surface area (Å²) in [7, 11) is 0. The van der Waals surface area contributed by atoms with Crippen molar-refractivity contribution in [2.45, 2.75) is 44.6 Å². The Morgan fingerprint density at radius 3 is 2.65 bits per heavy atom. The number of halogens is 1. The predicted octanol–water partition coefficient (Wildman–Crippen LogP) is 3.72. The van der Waals surface area contributed by atoms with E-state index in [4.69, 9.17) is 4.74 Å². The summed E-state index contributed by atoms with van der Waals surface area (Å²) < 4.78 is 6.08. The number of nitrogens with zero attached hydrogens (tertiary/aromatic N) is 1. The van der Waals surface area contributed by atoms with E-state index in [1.54, 1.807) is 18.3 Å². The van der Waals surface area contributed by atoms with Crippen molar-refractivity contribution in [3.8, 4) is 0 Å². The van der Waals surface area contributed by atoms with Crippen LogP contribution in [0.15, 0.2) is 22.9 Å². The molecule has 2 rings (SSSR count). The average molecular weight is 298 g/mol. The number of carbonyl (C=O) groups is 1. The lowest BCUT2D eigenvalue weighted by Crippen LogP contribution is -2.18. The van der Waals surface area contributed by atoms with Gasteiger partial charge in [-0.2, -0.15) is 0 Å². The van der Waals surface area contributed by atoms with Crippen molar-refractivity contribution >= 4 is 21.9 Å². The van der Waals surface area contributed by atoms with Gasteiger partial charge < -0.3 is 4.74 Å². The summed E-state index contributed by atoms with van der Waals surface area (Å²) in [6.45, 7) is 0. The standard InChI is InChI=1S/C13H16BrNO2/c14-12-11(8-5-9-15-12)13(16)17-10-6-3-1-2-4-7-10/h5,8-10H,1-4,6-7H2. The Bertz CT molecular complexity index is 387. The maximum atomic E-state index is 12.0. The molecule has 3 nitrogen and oxygen atoms in total. The van der Waals surface area contributed by atoms with Crippen molar-refractivity contribution in [1.29, 1.82) is 0 Å². The van der Waals surface area contributed by atoms with Crippen molar-refractivity contribution in [1.82, 2.24) is 4.98 Å². The lowest BCUT2D eigenvalue weighted by Gasteiger charge is -2.15. The van der Waals surface area contributed by atoms with Crippen LogP contribution in [0.1, 0.15) is 48.9 Å². The lowest BCUT2D eigenvalue weighted by atomic mass is 10.1. The molecule has 0 aromatic carbocycles. The monoisotopic (exact) mass is 297 g/mol. The fourth-order valence-corrected chi connectivity index (χ4v) is 2.53. The van der Waals surface area contributed by atoms with E-state index in [0.29, 0.717) is 10.2 Å². The van der Waals surface area contributed by atoms with Crippen LogP contribution in [0.4, 0.5) is 0 Å². The number of esters is 1. The van der Waals surface area contributed by atoms with Crippen LogP contribution < -0.4 is 0 Å². The van der Waals surface area contributed by atoms with Gasteiger partial charge in [0.1, 0.15) is 10.7 Å². The second-order valence-electron chi connectivity index (χ2n) is 4.36. The zero-order valence-electron chi connectivity index (χ0n) is 9.69.